The molecule has 0 bridgehead atoms. The third-order valence-electron chi connectivity index (χ3n) is 4.32. The highest BCUT2D eigenvalue weighted by Crippen LogP contribution is 2.56. The summed E-state index contributed by atoms with van der Waals surface area (Å²) < 4.78 is 0. The van der Waals surface area contributed by atoms with E-state index in [0.717, 1.165) is 17.4 Å². The molecule has 0 aromatic heterocycles. The lowest BCUT2D eigenvalue weighted by Crippen LogP contribution is -2.44. The van der Waals surface area contributed by atoms with Crippen LogP contribution in [-0.4, -0.2) is 12.6 Å². The molecule has 14 heavy (non-hydrogen) atoms. The Balaban J connectivity index is 1.72. The standard InChI is InChI=1S/C13H25N/c1-3-5-11(2)14-10-13(8-4-9-13)12-6-7-12/h11-12,14H,3-10H2,1-2H3. The van der Waals surface area contributed by atoms with Crippen LogP contribution in [0.3, 0.4) is 0 Å². The number of hydrogen-bond acceptors (Lipinski definition) is 1. The first-order valence-electron chi connectivity index (χ1n) is 6.50. The smallest absolute Gasteiger partial charge is 0.00388 e. The fraction of sp³-hybridized carbons (Fsp3) is 1.00. The molecule has 2 saturated carbocycles. The lowest BCUT2D eigenvalue weighted by Gasteiger charge is -2.43. The van der Waals surface area contributed by atoms with Crippen molar-refractivity contribution in [3.05, 3.63) is 0 Å². The summed E-state index contributed by atoms with van der Waals surface area (Å²) in [4.78, 5) is 0. The molecular formula is C13H25N. The Labute approximate surface area is 88.7 Å². The number of rotatable bonds is 6. The molecular weight excluding hydrogens is 170 g/mol. The Morgan fingerprint density at radius 3 is 2.50 bits per heavy atom. The summed E-state index contributed by atoms with van der Waals surface area (Å²) >= 11 is 0. The van der Waals surface area contributed by atoms with Crippen molar-refractivity contribution in [3.8, 4) is 0 Å². The van der Waals surface area contributed by atoms with E-state index >= 15 is 0 Å². The topological polar surface area (TPSA) is 12.0 Å². The summed E-state index contributed by atoms with van der Waals surface area (Å²) in [6.45, 7) is 5.92. The minimum absolute atomic E-state index is 0.733. The summed E-state index contributed by atoms with van der Waals surface area (Å²) in [5, 5.41) is 3.75. The van der Waals surface area contributed by atoms with Gasteiger partial charge in [-0.2, -0.15) is 0 Å². The van der Waals surface area contributed by atoms with Gasteiger partial charge in [-0.1, -0.05) is 19.8 Å². The SMILES string of the molecule is CCCC(C)NCC1(C2CC2)CCC1. The summed E-state index contributed by atoms with van der Waals surface area (Å²) in [5.74, 6) is 1.09. The van der Waals surface area contributed by atoms with E-state index in [1.165, 1.54) is 51.5 Å². The van der Waals surface area contributed by atoms with Gasteiger partial charge in [0.15, 0.2) is 0 Å². The van der Waals surface area contributed by atoms with Crippen molar-refractivity contribution in [1.82, 2.24) is 5.32 Å². The molecule has 0 radical (unpaired) electrons. The summed E-state index contributed by atoms with van der Waals surface area (Å²) in [7, 11) is 0. The Morgan fingerprint density at radius 2 is 2.07 bits per heavy atom. The van der Waals surface area contributed by atoms with E-state index < -0.39 is 0 Å². The Kier molecular flexibility index (Phi) is 3.16. The van der Waals surface area contributed by atoms with Gasteiger partial charge in [-0.15, -0.1) is 0 Å². The zero-order valence-electron chi connectivity index (χ0n) is 9.81. The lowest BCUT2D eigenvalue weighted by molar-refractivity contribution is 0.0949. The van der Waals surface area contributed by atoms with E-state index in [1.807, 2.05) is 0 Å². The van der Waals surface area contributed by atoms with Crippen LogP contribution >= 0.6 is 0 Å². The fourth-order valence-electron chi connectivity index (χ4n) is 2.97. The molecule has 0 aromatic rings. The maximum Gasteiger partial charge on any atom is 0.00388 e. The molecule has 2 aliphatic rings. The van der Waals surface area contributed by atoms with E-state index in [1.54, 1.807) is 0 Å². The summed E-state index contributed by atoms with van der Waals surface area (Å²) in [6.07, 6.45) is 10.2. The zero-order valence-corrected chi connectivity index (χ0v) is 9.81. The van der Waals surface area contributed by atoms with Gasteiger partial charge in [0.2, 0.25) is 0 Å². The lowest BCUT2D eigenvalue weighted by atomic mass is 9.65. The Morgan fingerprint density at radius 1 is 1.36 bits per heavy atom. The Hall–Kier alpha value is -0.0400. The van der Waals surface area contributed by atoms with Crippen molar-refractivity contribution in [2.45, 2.75) is 64.8 Å². The van der Waals surface area contributed by atoms with Crippen LogP contribution in [0.15, 0.2) is 0 Å². The normalized spacial score (nSPS) is 27.0. The van der Waals surface area contributed by atoms with E-state index in [9.17, 15) is 0 Å². The van der Waals surface area contributed by atoms with Crippen LogP contribution in [-0.2, 0) is 0 Å². The van der Waals surface area contributed by atoms with Crippen molar-refractivity contribution < 1.29 is 0 Å². The van der Waals surface area contributed by atoms with Crippen LogP contribution in [0.2, 0.25) is 0 Å². The fourth-order valence-corrected chi connectivity index (χ4v) is 2.97. The molecule has 0 aliphatic heterocycles. The quantitative estimate of drug-likeness (QED) is 0.685. The van der Waals surface area contributed by atoms with E-state index in [2.05, 4.69) is 19.2 Å². The van der Waals surface area contributed by atoms with Crippen LogP contribution in [0.5, 0.6) is 0 Å². The first-order valence-corrected chi connectivity index (χ1v) is 6.50. The van der Waals surface area contributed by atoms with Gasteiger partial charge in [-0.25, -0.2) is 0 Å². The van der Waals surface area contributed by atoms with Crippen molar-refractivity contribution in [2.75, 3.05) is 6.54 Å². The van der Waals surface area contributed by atoms with E-state index in [4.69, 9.17) is 0 Å². The van der Waals surface area contributed by atoms with Crippen LogP contribution in [0.4, 0.5) is 0 Å². The van der Waals surface area contributed by atoms with E-state index in [0.29, 0.717) is 0 Å². The molecule has 0 heterocycles. The highest BCUT2D eigenvalue weighted by molar-refractivity contribution is 5.00. The maximum atomic E-state index is 3.75. The van der Waals surface area contributed by atoms with Crippen molar-refractivity contribution in [3.63, 3.8) is 0 Å². The number of hydrogen-bond donors (Lipinski definition) is 1. The minimum atomic E-state index is 0.733. The van der Waals surface area contributed by atoms with Gasteiger partial charge in [-0.3, -0.25) is 0 Å². The van der Waals surface area contributed by atoms with Crippen molar-refractivity contribution >= 4 is 0 Å². The minimum Gasteiger partial charge on any atom is -0.314 e. The Bertz CT molecular complexity index is 180. The second-order valence-corrected chi connectivity index (χ2v) is 5.56. The third kappa shape index (κ3) is 2.13. The monoisotopic (exact) mass is 195 g/mol. The van der Waals surface area contributed by atoms with Crippen LogP contribution in [0, 0.1) is 11.3 Å². The molecule has 1 atom stereocenters. The van der Waals surface area contributed by atoms with Crippen LogP contribution in [0.25, 0.3) is 0 Å². The molecule has 0 aromatic carbocycles. The van der Waals surface area contributed by atoms with Gasteiger partial charge in [0.25, 0.3) is 0 Å². The predicted octanol–water partition coefficient (Wildman–Crippen LogP) is 3.34. The maximum absolute atomic E-state index is 3.75. The van der Waals surface area contributed by atoms with E-state index in [-0.39, 0.29) is 0 Å². The molecule has 1 unspecified atom stereocenters. The highest BCUT2D eigenvalue weighted by Gasteiger charge is 2.48. The van der Waals surface area contributed by atoms with Gasteiger partial charge in [-0.05, 0) is 50.4 Å². The van der Waals surface area contributed by atoms with Crippen LogP contribution in [0.1, 0.15) is 58.8 Å². The first-order chi connectivity index (χ1) is 6.77. The third-order valence-corrected chi connectivity index (χ3v) is 4.32. The average Bonchev–Trinajstić information content (AvgIpc) is 2.87. The van der Waals surface area contributed by atoms with Crippen molar-refractivity contribution in [2.24, 2.45) is 11.3 Å². The van der Waals surface area contributed by atoms with Gasteiger partial charge in [0, 0.05) is 12.6 Å². The summed E-state index contributed by atoms with van der Waals surface area (Å²) in [6, 6.07) is 0.733. The van der Waals surface area contributed by atoms with Gasteiger partial charge in [0.1, 0.15) is 0 Å². The predicted molar refractivity (Wildman–Crippen MR) is 61.4 cm³/mol. The average molecular weight is 195 g/mol. The molecule has 2 aliphatic carbocycles. The molecule has 1 heteroatoms. The number of nitrogens with one attached hydrogen (secondary N) is 1. The highest BCUT2D eigenvalue weighted by atomic mass is 14.9. The van der Waals surface area contributed by atoms with Gasteiger partial charge < -0.3 is 5.32 Å². The second-order valence-electron chi connectivity index (χ2n) is 5.56. The molecule has 1 nitrogen and oxygen atoms in total. The largest absolute Gasteiger partial charge is 0.314 e. The van der Waals surface area contributed by atoms with Gasteiger partial charge in [0.05, 0.1) is 0 Å². The zero-order chi connectivity index (χ0) is 10.0. The molecule has 2 rings (SSSR count). The molecule has 0 spiro atoms. The van der Waals surface area contributed by atoms with Gasteiger partial charge >= 0.3 is 0 Å². The second kappa shape index (κ2) is 4.22. The molecule has 2 fully saturated rings. The van der Waals surface area contributed by atoms with Crippen LogP contribution < -0.4 is 5.32 Å². The van der Waals surface area contributed by atoms with Crippen molar-refractivity contribution in [1.29, 1.82) is 0 Å². The molecule has 1 N–H and O–H groups in total. The molecule has 0 amide bonds. The summed E-state index contributed by atoms with van der Waals surface area (Å²) in [5.41, 5.74) is 0.752. The molecule has 0 saturated heterocycles. The first kappa shape index (κ1) is 10.5. The molecule has 82 valence electrons.